The van der Waals surface area contributed by atoms with Crippen LogP contribution < -0.4 is 16.4 Å². The predicted molar refractivity (Wildman–Crippen MR) is 76.5 cm³/mol. The van der Waals surface area contributed by atoms with Crippen LogP contribution in [0.4, 0.5) is 10.9 Å². The SMILES string of the molecule is CCNc1nc(N)c(C(=O)NC(C)C2CCOC2)s1. The number of nitrogens with zero attached hydrogens (tertiary/aromatic N) is 1. The number of aromatic nitrogens is 1. The fourth-order valence-corrected chi connectivity index (χ4v) is 2.91. The van der Waals surface area contributed by atoms with E-state index >= 15 is 0 Å². The molecule has 1 aromatic heterocycles. The minimum absolute atomic E-state index is 0.0825. The Kier molecular flexibility index (Phi) is 4.60. The Morgan fingerprint density at radius 3 is 3.11 bits per heavy atom. The van der Waals surface area contributed by atoms with Crippen LogP contribution >= 0.6 is 11.3 Å². The standard InChI is InChI=1S/C12H20N4O2S/c1-3-14-12-16-10(13)9(19-12)11(17)15-7(2)8-4-5-18-6-8/h7-8H,3-6,13H2,1-2H3,(H,14,16)(H,15,17). The second kappa shape index (κ2) is 6.21. The highest BCUT2D eigenvalue weighted by Crippen LogP contribution is 2.25. The van der Waals surface area contributed by atoms with Crippen LogP contribution in [0, 0.1) is 5.92 Å². The molecule has 106 valence electrons. The smallest absolute Gasteiger partial charge is 0.265 e. The summed E-state index contributed by atoms with van der Waals surface area (Å²) in [7, 11) is 0. The molecule has 19 heavy (non-hydrogen) atoms. The maximum atomic E-state index is 12.2. The van der Waals surface area contributed by atoms with Crippen LogP contribution in [-0.2, 0) is 4.74 Å². The Hall–Kier alpha value is -1.34. The third-order valence-electron chi connectivity index (χ3n) is 3.22. The second-order valence-electron chi connectivity index (χ2n) is 4.65. The summed E-state index contributed by atoms with van der Waals surface area (Å²) in [4.78, 5) is 16.8. The first-order valence-corrected chi connectivity index (χ1v) is 7.32. The van der Waals surface area contributed by atoms with Crippen LogP contribution in [0.2, 0.25) is 0 Å². The molecular formula is C12H20N4O2S. The van der Waals surface area contributed by atoms with Gasteiger partial charge in [-0.15, -0.1) is 0 Å². The third kappa shape index (κ3) is 3.36. The first-order chi connectivity index (χ1) is 9.11. The molecule has 0 radical (unpaired) electrons. The Morgan fingerprint density at radius 1 is 1.68 bits per heavy atom. The number of carbonyl (C=O) groups is 1. The molecule has 0 aliphatic carbocycles. The monoisotopic (exact) mass is 284 g/mol. The summed E-state index contributed by atoms with van der Waals surface area (Å²) < 4.78 is 5.33. The number of amides is 1. The second-order valence-corrected chi connectivity index (χ2v) is 5.65. The average Bonchev–Trinajstić information content (AvgIpc) is 2.99. The summed E-state index contributed by atoms with van der Waals surface area (Å²) in [5.74, 6) is 0.512. The zero-order chi connectivity index (χ0) is 13.8. The van der Waals surface area contributed by atoms with Crippen molar-refractivity contribution in [1.29, 1.82) is 0 Å². The van der Waals surface area contributed by atoms with Crippen LogP contribution in [0.1, 0.15) is 29.9 Å². The van der Waals surface area contributed by atoms with Crippen molar-refractivity contribution in [3.63, 3.8) is 0 Å². The van der Waals surface area contributed by atoms with Crippen LogP contribution in [0.15, 0.2) is 0 Å². The molecule has 0 aromatic carbocycles. The first-order valence-electron chi connectivity index (χ1n) is 6.50. The van der Waals surface area contributed by atoms with Gasteiger partial charge in [0.15, 0.2) is 5.13 Å². The number of carbonyl (C=O) groups excluding carboxylic acids is 1. The third-order valence-corrected chi connectivity index (χ3v) is 4.25. The molecule has 1 aromatic rings. The number of hydrogen-bond donors (Lipinski definition) is 3. The Morgan fingerprint density at radius 2 is 2.47 bits per heavy atom. The zero-order valence-corrected chi connectivity index (χ0v) is 12.0. The van der Waals surface area contributed by atoms with E-state index in [-0.39, 0.29) is 17.8 Å². The van der Waals surface area contributed by atoms with E-state index in [0.717, 1.165) is 19.6 Å². The molecule has 1 aliphatic heterocycles. The number of nitrogens with two attached hydrogens (primary N) is 1. The fraction of sp³-hybridized carbons (Fsp3) is 0.667. The maximum Gasteiger partial charge on any atom is 0.265 e. The topological polar surface area (TPSA) is 89.3 Å². The molecule has 6 nitrogen and oxygen atoms in total. The Labute approximate surface area is 116 Å². The highest BCUT2D eigenvalue weighted by Gasteiger charge is 2.25. The van der Waals surface area contributed by atoms with E-state index in [1.807, 2.05) is 13.8 Å². The van der Waals surface area contributed by atoms with E-state index in [1.165, 1.54) is 11.3 Å². The van der Waals surface area contributed by atoms with E-state index in [0.29, 0.717) is 22.5 Å². The number of ether oxygens (including phenoxy) is 1. The van der Waals surface area contributed by atoms with Gasteiger partial charge in [-0.1, -0.05) is 11.3 Å². The van der Waals surface area contributed by atoms with Gasteiger partial charge < -0.3 is 21.1 Å². The van der Waals surface area contributed by atoms with E-state index in [1.54, 1.807) is 0 Å². The lowest BCUT2D eigenvalue weighted by Crippen LogP contribution is -2.38. The molecule has 1 fully saturated rings. The molecule has 2 unspecified atom stereocenters. The summed E-state index contributed by atoms with van der Waals surface area (Å²) >= 11 is 1.29. The Balaban J connectivity index is 1.98. The summed E-state index contributed by atoms with van der Waals surface area (Å²) in [6, 6.07) is 0.0825. The number of anilines is 2. The summed E-state index contributed by atoms with van der Waals surface area (Å²) in [5.41, 5.74) is 5.78. The fourth-order valence-electron chi connectivity index (χ4n) is 2.06. The van der Waals surface area contributed by atoms with Crippen molar-refractivity contribution in [2.24, 2.45) is 5.92 Å². The molecule has 4 N–H and O–H groups in total. The number of thiazole rings is 1. The van der Waals surface area contributed by atoms with Gasteiger partial charge in [0.2, 0.25) is 0 Å². The van der Waals surface area contributed by atoms with Crippen molar-refractivity contribution < 1.29 is 9.53 Å². The van der Waals surface area contributed by atoms with Crippen molar-refractivity contribution >= 4 is 28.2 Å². The first kappa shape index (κ1) is 14.1. The van der Waals surface area contributed by atoms with Gasteiger partial charge in [0, 0.05) is 25.1 Å². The number of nitrogen functional groups attached to an aromatic ring is 1. The number of rotatable bonds is 5. The summed E-state index contributed by atoms with van der Waals surface area (Å²) in [5, 5.41) is 6.72. The van der Waals surface area contributed by atoms with E-state index in [2.05, 4.69) is 15.6 Å². The normalized spacial score (nSPS) is 20.2. The molecular weight excluding hydrogens is 264 g/mol. The predicted octanol–water partition coefficient (Wildman–Crippen LogP) is 1.31. The van der Waals surface area contributed by atoms with Crippen molar-refractivity contribution in [3.05, 3.63) is 4.88 Å². The van der Waals surface area contributed by atoms with E-state index in [9.17, 15) is 4.79 Å². The minimum atomic E-state index is -0.154. The van der Waals surface area contributed by atoms with Crippen LogP contribution in [0.5, 0.6) is 0 Å². The molecule has 1 amide bonds. The molecule has 2 atom stereocenters. The Bertz CT molecular complexity index is 443. The molecule has 2 heterocycles. The van der Waals surface area contributed by atoms with Gasteiger partial charge in [0.05, 0.1) is 6.61 Å². The highest BCUT2D eigenvalue weighted by molar-refractivity contribution is 7.18. The van der Waals surface area contributed by atoms with E-state index < -0.39 is 0 Å². The van der Waals surface area contributed by atoms with Gasteiger partial charge >= 0.3 is 0 Å². The van der Waals surface area contributed by atoms with E-state index in [4.69, 9.17) is 10.5 Å². The van der Waals surface area contributed by atoms with Gasteiger partial charge in [-0.05, 0) is 20.3 Å². The summed E-state index contributed by atoms with van der Waals surface area (Å²) in [6.45, 7) is 6.21. The lowest BCUT2D eigenvalue weighted by molar-refractivity contribution is 0.0927. The van der Waals surface area contributed by atoms with Crippen molar-refractivity contribution in [1.82, 2.24) is 10.3 Å². The van der Waals surface area contributed by atoms with Crippen LogP contribution in [-0.4, -0.2) is 36.7 Å². The van der Waals surface area contributed by atoms with Crippen LogP contribution in [0.3, 0.4) is 0 Å². The molecule has 0 saturated carbocycles. The number of hydrogen-bond acceptors (Lipinski definition) is 6. The van der Waals surface area contributed by atoms with Gasteiger partial charge in [0.25, 0.3) is 5.91 Å². The largest absolute Gasteiger partial charge is 0.382 e. The van der Waals surface area contributed by atoms with Gasteiger partial charge in [0.1, 0.15) is 10.7 Å². The summed E-state index contributed by atoms with van der Waals surface area (Å²) in [6.07, 6.45) is 0.988. The lowest BCUT2D eigenvalue weighted by Gasteiger charge is -2.18. The lowest BCUT2D eigenvalue weighted by atomic mass is 10.0. The van der Waals surface area contributed by atoms with Gasteiger partial charge in [-0.2, -0.15) is 0 Å². The van der Waals surface area contributed by atoms with Gasteiger partial charge in [-0.25, -0.2) is 4.98 Å². The molecule has 7 heteroatoms. The van der Waals surface area contributed by atoms with Gasteiger partial charge in [-0.3, -0.25) is 4.79 Å². The average molecular weight is 284 g/mol. The highest BCUT2D eigenvalue weighted by atomic mass is 32.1. The van der Waals surface area contributed by atoms with Crippen LogP contribution in [0.25, 0.3) is 0 Å². The minimum Gasteiger partial charge on any atom is -0.382 e. The van der Waals surface area contributed by atoms with Crippen molar-refractivity contribution in [3.8, 4) is 0 Å². The molecule has 1 aliphatic rings. The van der Waals surface area contributed by atoms with Crippen molar-refractivity contribution in [2.45, 2.75) is 26.3 Å². The number of nitrogens with one attached hydrogen (secondary N) is 2. The molecule has 1 saturated heterocycles. The molecule has 2 rings (SSSR count). The quantitative estimate of drug-likeness (QED) is 0.758. The zero-order valence-electron chi connectivity index (χ0n) is 11.2. The molecule has 0 bridgehead atoms. The maximum absolute atomic E-state index is 12.2. The van der Waals surface area contributed by atoms with Crippen molar-refractivity contribution in [2.75, 3.05) is 30.8 Å². The molecule has 0 spiro atoms.